The van der Waals surface area contributed by atoms with Crippen LogP contribution in [0.3, 0.4) is 0 Å². The minimum Gasteiger partial charge on any atom is -0.335 e. The van der Waals surface area contributed by atoms with Crippen LogP contribution < -0.4 is 4.90 Å². The molecule has 0 bridgehead atoms. The third kappa shape index (κ3) is 5.54. The Morgan fingerprint density at radius 3 is 1.40 bits per heavy atom. The first-order valence-electron chi connectivity index (χ1n) is 18.1. The van der Waals surface area contributed by atoms with Gasteiger partial charge in [0.2, 0.25) is 0 Å². The summed E-state index contributed by atoms with van der Waals surface area (Å²) < 4.78 is 2.48. The zero-order valence-electron chi connectivity index (χ0n) is 29.8. The molecule has 9 aromatic rings. The van der Waals surface area contributed by atoms with Crippen molar-refractivity contribution >= 4 is 49.6 Å². The highest BCUT2D eigenvalue weighted by Gasteiger charge is 2.21. The second kappa shape index (κ2) is 12.7. The van der Waals surface area contributed by atoms with E-state index in [4.69, 9.17) is 0 Å². The van der Waals surface area contributed by atoms with Crippen LogP contribution in [0.2, 0.25) is 0 Å². The summed E-state index contributed by atoms with van der Waals surface area (Å²) in [7, 11) is 0. The van der Waals surface area contributed by atoms with E-state index in [1.165, 1.54) is 66.0 Å². The van der Waals surface area contributed by atoms with Crippen molar-refractivity contribution in [3.05, 3.63) is 188 Å². The molecule has 0 unspecified atom stereocenters. The molecule has 0 radical (unpaired) electrons. The molecule has 2 heteroatoms. The Morgan fingerprint density at radius 2 is 0.788 bits per heavy atom. The van der Waals surface area contributed by atoms with Gasteiger partial charge in [0.1, 0.15) is 0 Å². The molecule has 0 saturated heterocycles. The average Bonchev–Trinajstić information content (AvgIpc) is 3.53. The quantitative estimate of drug-likeness (QED) is 0.171. The molecule has 0 aliphatic heterocycles. The van der Waals surface area contributed by atoms with Crippen molar-refractivity contribution in [3.63, 3.8) is 0 Å². The maximum absolute atomic E-state index is 2.48. The molecule has 0 atom stereocenters. The summed E-state index contributed by atoms with van der Waals surface area (Å²) in [6.45, 7) is 6.86. The first-order valence-corrected chi connectivity index (χ1v) is 18.1. The fourth-order valence-electron chi connectivity index (χ4n) is 7.91. The number of rotatable bonds is 6. The van der Waals surface area contributed by atoms with E-state index in [1.54, 1.807) is 0 Å². The Kier molecular flexibility index (Phi) is 7.74. The topological polar surface area (TPSA) is 8.17 Å². The van der Waals surface area contributed by atoms with Gasteiger partial charge in [-0.25, -0.2) is 0 Å². The molecule has 0 fully saturated rings. The first-order chi connectivity index (χ1) is 25.4. The van der Waals surface area contributed by atoms with E-state index in [9.17, 15) is 0 Å². The highest BCUT2D eigenvalue weighted by Crippen LogP contribution is 2.41. The zero-order valence-corrected chi connectivity index (χ0v) is 29.8. The predicted molar refractivity (Wildman–Crippen MR) is 223 cm³/mol. The van der Waals surface area contributed by atoms with Crippen LogP contribution in [0, 0.1) is 0 Å². The van der Waals surface area contributed by atoms with Crippen LogP contribution in [0.1, 0.15) is 20.8 Å². The molecule has 2 nitrogen and oxygen atoms in total. The summed E-state index contributed by atoms with van der Waals surface area (Å²) >= 11 is 0. The number of hydrogen-bond acceptors (Lipinski definition) is 1. The summed E-state index contributed by atoms with van der Waals surface area (Å²) in [4.78, 5) is 2.33. The molecular weight excluding hydrogens is 629 g/mol. The van der Waals surface area contributed by atoms with Gasteiger partial charge in [-0.05, 0) is 120 Å². The summed E-state index contributed by atoms with van der Waals surface area (Å²) in [6.07, 6.45) is 0. The lowest BCUT2D eigenvalue weighted by Crippen LogP contribution is -2.21. The van der Waals surface area contributed by atoms with Crippen LogP contribution in [-0.4, -0.2) is 4.57 Å². The highest BCUT2D eigenvalue weighted by molar-refractivity contribution is 6.11. The van der Waals surface area contributed by atoms with E-state index in [0.29, 0.717) is 0 Å². The van der Waals surface area contributed by atoms with E-state index in [1.807, 2.05) is 0 Å². The van der Waals surface area contributed by atoms with Gasteiger partial charge in [0.15, 0.2) is 0 Å². The number of para-hydroxylation sites is 2. The van der Waals surface area contributed by atoms with Gasteiger partial charge in [0, 0.05) is 44.4 Å². The molecular formula is C50H40N2. The lowest BCUT2D eigenvalue weighted by atomic mass is 9.91. The Bertz CT molecular complexity index is 2680. The molecule has 1 aromatic heterocycles. The van der Waals surface area contributed by atoms with Crippen LogP contribution in [0.5, 0.6) is 0 Å². The normalized spacial score (nSPS) is 11.8. The molecule has 0 amide bonds. The fraction of sp³-hybridized carbons (Fsp3) is 0.0800. The number of anilines is 3. The first kappa shape index (κ1) is 31.6. The van der Waals surface area contributed by atoms with E-state index >= 15 is 0 Å². The summed E-state index contributed by atoms with van der Waals surface area (Å²) in [6, 6.07) is 68.3. The van der Waals surface area contributed by atoms with Crippen molar-refractivity contribution in [1.82, 2.24) is 4.57 Å². The lowest BCUT2D eigenvalue weighted by molar-refractivity contribution is 0.423. The van der Waals surface area contributed by atoms with Crippen molar-refractivity contribution < 1.29 is 0 Å². The van der Waals surface area contributed by atoms with Crippen LogP contribution in [-0.2, 0) is 5.54 Å². The van der Waals surface area contributed by atoms with Gasteiger partial charge in [0.05, 0.1) is 0 Å². The second-order valence-corrected chi connectivity index (χ2v) is 14.6. The maximum Gasteiger partial charge on any atom is 0.0496 e. The van der Waals surface area contributed by atoms with E-state index in [2.05, 4.69) is 218 Å². The standard InChI is InChI=1S/C50H40N2/c1-50(2,3)52-48-21-13-12-20-46(48)47-34-38(26-33-49(47)52)43-32-31-42(44-18-10-11-19-45(43)44)37-24-29-41(30-25-37)51(39-16-8-5-9-17-39)40-27-22-36(23-28-40)35-14-6-4-7-15-35/h4-34H,1-3H3. The predicted octanol–water partition coefficient (Wildman–Crippen LogP) is 14.2. The van der Waals surface area contributed by atoms with Crippen molar-refractivity contribution in [2.24, 2.45) is 0 Å². The molecule has 0 spiro atoms. The van der Waals surface area contributed by atoms with Gasteiger partial charge in [0.25, 0.3) is 0 Å². The molecule has 0 N–H and O–H groups in total. The Morgan fingerprint density at radius 1 is 0.346 bits per heavy atom. The van der Waals surface area contributed by atoms with Gasteiger partial charge >= 0.3 is 0 Å². The molecule has 1 heterocycles. The van der Waals surface area contributed by atoms with Gasteiger partial charge in [-0.2, -0.15) is 0 Å². The zero-order chi connectivity index (χ0) is 35.2. The Hall–Kier alpha value is -6.38. The molecule has 52 heavy (non-hydrogen) atoms. The highest BCUT2D eigenvalue weighted by atomic mass is 15.1. The van der Waals surface area contributed by atoms with Crippen molar-refractivity contribution in [3.8, 4) is 33.4 Å². The van der Waals surface area contributed by atoms with E-state index < -0.39 is 0 Å². The van der Waals surface area contributed by atoms with E-state index in [-0.39, 0.29) is 5.54 Å². The average molecular weight is 669 g/mol. The molecule has 250 valence electrons. The van der Waals surface area contributed by atoms with Crippen LogP contribution >= 0.6 is 0 Å². The minimum atomic E-state index is -0.0299. The monoisotopic (exact) mass is 668 g/mol. The third-order valence-corrected chi connectivity index (χ3v) is 10.3. The summed E-state index contributed by atoms with van der Waals surface area (Å²) in [5, 5.41) is 5.10. The van der Waals surface area contributed by atoms with Crippen molar-refractivity contribution in [2.75, 3.05) is 4.90 Å². The molecule has 8 aromatic carbocycles. The molecule has 0 saturated carbocycles. The number of fused-ring (bicyclic) bond motifs is 4. The smallest absolute Gasteiger partial charge is 0.0496 e. The van der Waals surface area contributed by atoms with Crippen molar-refractivity contribution in [1.29, 1.82) is 0 Å². The molecule has 9 rings (SSSR count). The largest absolute Gasteiger partial charge is 0.335 e. The van der Waals surface area contributed by atoms with Crippen LogP contribution in [0.4, 0.5) is 17.1 Å². The number of benzene rings is 8. The number of nitrogens with zero attached hydrogens (tertiary/aromatic N) is 2. The van der Waals surface area contributed by atoms with E-state index in [0.717, 1.165) is 17.1 Å². The number of hydrogen-bond donors (Lipinski definition) is 0. The summed E-state index contributed by atoms with van der Waals surface area (Å²) in [5.74, 6) is 0. The lowest BCUT2D eigenvalue weighted by Gasteiger charge is -2.26. The maximum atomic E-state index is 2.48. The van der Waals surface area contributed by atoms with Gasteiger partial charge in [-0.3, -0.25) is 0 Å². The Balaban J connectivity index is 1.10. The van der Waals surface area contributed by atoms with Gasteiger partial charge in [-0.1, -0.05) is 133 Å². The van der Waals surface area contributed by atoms with Crippen LogP contribution in [0.15, 0.2) is 188 Å². The van der Waals surface area contributed by atoms with Gasteiger partial charge in [-0.15, -0.1) is 0 Å². The fourth-order valence-corrected chi connectivity index (χ4v) is 7.91. The summed E-state index contributed by atoms with van der Waals surface area (Å²) in [5.41, 5.74) is 13.2. The third-order valence-electron chi connectivity index (χ3n) is 10.3. The van der Waals surface area contributed by atoms with Gasteiger partial charge < -0.3 is 9.47 Å². The van der Waals surface area contributed by atoms with Crippen LogP contribution in [0.25, 0.3) is 66.0 Å². The Labute approximate surface area is 305 Å². The van der Waals surface area contributed by atoms with Crippen molar-refractivity contribution in [2.45, 2.75) is 26.3 Å². The molecule has 0 aliphatic rings. The number of aromatic nitrogens is 1. The second-order valence-electron chi connectivity index (χ2n) is 14.6. The SMILES string of the molecule is CC(C)(C)n1c2ccccc2c2cc(-c3ccc(-c4ccc(N(c5ccccc5)c5ccc(-c6ccccc6)cc5)cc4)c4ccccc34)ccc21. The minimum absolute atomic E-state index is 0.0299. The molecule has 0 aliphatic carbocycles.